The standard InChI is InChI=1S/C26H30ClN5OS/c1-2-12-28-25(33)22-10-8-21(9-11-22)19-34-26-29-23(27)17-24(30-26)32-15-13-31(14-16-32)18-20-6-4-3-5-7-20/h3-11,17H,2,12-16,18-19H2,1H3,(H,28,33). The number of nitrogens with one attached hydrogen (secondary N) is 1. The van der Waals surface area contributed by atoms with Crippen LogP contribution in [0, 0.1) is 0 Å². The summed E-state index contributed by atoms with van der Waals surface area (Å²) in [5.74, 6) is 1.55. The van der Waals surface area contributed by atoms with Gasteiger partial charge in [-0.25, -0.2) is 9.97 Å². The molecule has 1 saturated heterocycles. The smallest absolute Gasteiger partial charge is 0.251 e. The Hall–Kier alpha value is -2.61. The molecule has 1 aromatic heterocycles. The minimum Gasteiger partial charge on any atom is -0.354 e. The maximum Gasteiger partial charge on any atom is 0.251 e. The van der Waals surface area contributed by atoms with Crippen LogP contribution in [0.2, 0.25) is 5.15 Å². The zero-order valence-corrected chi connectivity index (χ0v) is 21.0. The first-order valence-corrected chi connectivity index (χ1v) is 13.0. The van der Waals surface area contributed by atoms with E-state index in [9.17, 15) is 4.79 Å². The molecule has 1 fully saturated rings. The molecule has 178 valence electrons. The minimum absolute atomic E-state index is 0.0345. The molecule has 0 spiro atoms. The Labute approximate surface area is 210 Å². The van der Waals surface area contributed by atoms with Gasteiger partial charge in [0.2, 0.25) is 0 Å². The van der Waals surface area contributed by atoms with Crippen molar-refractivity contribution in [3.8, 4) is 0 Å². The molecule has 2 aromatic carbocycles. The summed E-state index contributed by atoms with van der Waals surface area (Å²) in [6, 6.07) is 20.1. The van der Waals surface area contributed by atoms with Gasteiger partial charge in [-0.05, 0) is 29.7 Å². The van der Waals surface area contributed by atoms with Crippen molar-refractivity contribution in [2.24, 2.45) is 0 Å². The van der Waals surface area contributed by atoms with Crippen molar-refractivity contribution in [1.82, 2.24) is 20.2 Å². The lowest BCUT2D eigenvalue weighted by Crippen LogP contribution is -2.46. The third-order valence-corrected chi connectivity index (χ3v) is 6.84. The molecule has 0 aliphatic carbocycles. The number of anilines is 1. The molecule has 3 aromatic rings. The van der Waals surface area contributed by atoms with Gasteiger partial charge in [0.1, 0.15) is 11.0 Å². The number of amides is 1. The SMILES string of the molecule is CCCNC(=O)c1ccc(CSc2nc(Cl)cc(N3CCN(Cc4ccccc4)CC3)n2)cc1. The first-order chi connectivity index (χ1) is 16.6. The van der Waals surface area contributed by atoms with E-state index in [-0.39, 0.29) is 5.91 Å². The van der Waals surface area contributed by atoms with Crippen LogP contribution in [0.3, 0.4) is 0 Å². The summed E-state index contributed by atoms with van der Waals surface area (Å²) < 4.78 is 0. The third kappa shape index (κ3) is 6.95. The van der Waals surface area contributed by atoms with E-state index in [0.29, 0.717) is 28.2 Å². The highest BCUT2D eigenvalue weighted by atomic mass is 35.5. The molecule has 34 heavy (non-hydrogen) atoms. The number of thioether (sulfide) groups is 1. The highest BCUT2D eigenvalue weighted by molar-refractivity contribution is 7.98. The van der Waals surface area contributed by atoms with Crippen LogP contribution in [0.5, 0.6) is 0 Å². The van der Waals surface area contributed by atoms with E-state index < -0.39 is 0 Å². The number of halogens is 1. The van der Waals surface area contributed by atoms with Crippen molar-refractivity contribution in [2.45, 2.75) is 30.8 Å². The van der Waals surface area contributed by atoms with Crippen LogP contribution in [0.15, 0.2) is 65.8 Å². The van der Waals surface area contributed by atoms with E-state index in [2.05, 4.69) is 50.4 Å². The lowest BCUT2D eigenvalue weighted by molar-refractivity contribution is 0.0953. The number of aromatic nitrogens is 2. The second-order valence-corrected chi connectivity index (χ2v) is 9.65. The van der Waals surface area contributed by atoms with Crippen LogP contribution in [-0.4, -0.2) is 53.5 Å². The highest BCUT2D eigenvalue weighted by Gasteiger charge is 2.19. The monoisotopic (exact) mass is 495 g/mol. The molecule has 0 saturated carbocycles. The zero-order valence-electron chi connectivity index (χ0n) is 19.4. The Balaban J connectivity index is 1.31. The van der Waals surface area contributed by atoms with E-state index >= 15 is 0 Å². The first kappa shape index (κ1) is 24.5. The van der Waals surface area contributed by atoms with Crippen molar-refractivity contribution in [3.05, 3.63) is 82.5 Å². The van der Waals surface area contributed by atoms with Gasteiger partial charge in [-0.3, -0.25) is 9.69 Å². The molecule has 4 rings (SSSR count). The molecular weight excluding hydrogens is 466 g/mol. The Morgan fingerprint density at radius 1 is 1.00 bits per heavy atom. The summed E-state index contributed by atoms with van der Waals surface area (Å²) in [4.78, 5) is 26.0. The molecule has 2 heterocycles. The fourth-order valence-electron chi connectivity index (χ4n) is 3.83. The molecule has 1 N–H and O–H groups in total. The van der Waals surface area contributed by atoms with Crippen LogP contribution >= 0.6 is 23.4 Å². The van der Waals surface area contributed by atoms with Gasteiger partial charge in [0.05, 0.1) is 0 Å². The van der Waals surface area contributed by atoms with Gasteiger partial charge in [-0.2, -0.15) is 0 Å². The second-order valence-electron chi connectivity index (χ2n) is 8.32. The minimum atomic E-state index is -0.0345. The second kappa shape index (κ2) is 12.2. The predicted octanol–water partition coefficient (Wildman–Crippen LogP) is 4.88. The lowest BCUT2D eigenvalue weighted by atomic mass is 10.1. The summed E-state index contributed by atoms with van der Waals surface area (Å²) in [7, 11) is 0. The molecule has 8 heteroatoms. The van der Waals surface area contributed by atoms with Gasteiger partial charge >= 0.3 is 0 Å². The largest absolute Gasteiger partial charge is 0.354 e. The number of hydrogen-bond donors (Lipinski definition) is 1. The van der Waals surface area contributed by atoms with Crippen molar-refractivity contribution < 1.29 is 4.79 Å². The molecule has 1 amide bonds. The summed E-state index contributed by atoms with van der Waals surface area (Å²) in [5.41, 5.74) is 3.13. The van der Waals surface area contributed by atoms with E-state index in [0.717, 1.165) is 50.5 Å². The van der Waals surface area contributed by atoms with Gasteiger partial charge in [0.25, 0.3) is 5.91 Å². The Morgan fingerprint density at radius 3 is 2.44 bits per heavy atom. The number of benzene rings is 2. The van der Waals surface area contributed by atoms with Crippen molar-refractivity contribution in [2.75, 3.05) is 37.6 Å². The number of nitrogens with zero attached hydrogens (tertiary/aromatic N) is 4. The highest BCUT2D eigenvalue weighted by Crippen LogP contribution is 2.25. The number of carbonyl (C=O) groups excluding carboxylic acids is 1. The Bertz CT molecular complexity index is 1070. The topological polar surface area (TPSA) is 61.4 Å². The average molecular weight is 496 g/mol. The summed E-state index contributed by atoms with van der Waals surface area (Å²) in [6.07, 6.45) is 0.922. The van der Waals surface area contributed by atoms with Crippen LogP contribution in [-0.2, 0) is 12.3 Å². The zero-order chi connectivity index (χ0) is 23.8. The van der Waals surface area contributed by atoms with Crippen molar-refractivity contribution >= 4 is 35.1 Å². The molecule has 0 bridgehead atoms. The van der Waals surface area contributed by atoms with Crippen LogP contribution in [0.4, 0.5) is 5.82 Å². The quantitative estimate of drug-likeness (QED) is 0.259. The number of carbonyl (C=O) groups is 1. The van der Waals surface area contributed by atoms with Gasteiger partial charge in [0, 0.05) is 56.7 Å². The Kier molecular flexibility index (Phi) is 8.79. The molecule has 0 radical (unpaired) electrons. The van der Waals surface area contributed by atoms with E-state index in [4.69, 9.17) is 16.6 Å². The molecule has 6 nitrogen and oxygen atoms in total. The van der Waals surface area contributed by atoms with Crippen LogP contribution in [0.25, 0.3) is 0 Å². The number of piperazine rings is 1. The summed E-state index contributed by atoms with van der Waals surface area (Å²) in [6.45, 7) is 7.48. The van der Waals surface area contributed by atoms with Crippen molar-refractivity contribution in [3.63, 3.8) is 0 Å². The normalized spacial score (nSPS) is 14.2. The fourth-order valence-corrected chi connectivity index (χ4v) is 4.87. The van der Waals surface area contributed by atoms with E-state index in [1.54, 1.807) is 11.8 Å². The van der Waals surface area contributed by atoms with E-state index in [1.165, 1.54) is 5.56 Å². The predicted molar refractivity (Wildman–Crippen MR) is 140 cm³/mol. The molecule has 0 atom stereocenters. The first-order valence-electron chi connectivity index (χ1n) is 11.7. The average Bonchev–Trinajstić information content (AvgIpc) is 2.87. The molecule has 1 aliphatic heterocycles. The summed E-state index contributed by atoms with van der Waals surface area (Å²) in [5, 5.41) is 4.02. The van der Waals surface area contributed by atoms with Crippen LogP contribution in [0.1, 0.15) is 34.8 Å². The maximum atomic E-state index is 12.1. The molecular formula is C26H30ClN5OS. The number of rotatable bonds is 9. The van der Waals surface area contributed by atoms with Gasteiger partial charge < -0.3 is 10.2 Å². The van der Waals surface area contributed by atoms with Gasteiger partial charge in [-0.15, -0.1) is 0 Å². The summed E-state index contributed by atoms with van der Waals surface area (Å²) >= 11 is 7.89. The van der Waals surface area contributed by atoms with Crippen LogP contribution < -0.4 is 10.2 Å². The van der Waals surface area contributed by atoms with E-state index in [1.807, 2.05) is 37.3 Å². The van der Waals surface area contributed by atoms with Gasteiger partial charge in [0.15, 0.2) is 5.16 Å². The lowest BCUT2D eigenvalue weighted by Gasteiger charge is -2.35. The number of hydrogen-bond acceptors (Lipinski definition) is 6. The molecule has 0 unspecified atom stereocenters. The fraction of sp³-hybridized carbons (Fsp3) is 0.346. The van der Waals surface area contributed by atoms with Crippen molar-refractivity contribution in [1.29, 1.82) is 0 Å². The Morgan fingerprint density at radius 2 is 1.74 bits per heavy atom. The molecule has 1 aliphatic rings. The van der Waals surface area contributed by atoms with Gasteiger partial charge in [-0.1, -0.05) is 72.8 Å². The third-order valence-electron chi connectivity index (χ3n) is 5.73. The maximum absolute atomic E-state index is 12.1.